The Bertz CT molecular complexity index is 3200. The smallest absolute Gasteiger partial charge is 0.312 e. The summed E-state index contributed by atoms with van der Waals surface area (Å²) in [4.78, 5) is 59.3. The van der Waals surface area contributed by atoms with Gasteiger partial charge in [0.2, 0.25) is 0 Å². The number of carbonyl (C=O) groups is 2. The van der Waals surface area contributed by atoms with Crippen LogP contribution in [0.4, 0.5) is 11.4 Å². The zero-order valence-corrected chi connectivity index (χ0v) is 59.0. The predicted molar refractivity (Wildman–Crippen MR) is 348 cm³/mol. The summed E-state index contributed by atoms with van der Waals surface area (Å²) in [5, 5.41) is 33.4. The van der Waals surface area contributed by atoms with Gasteiger partial charge in [-0.05, 0) is 106 Å². The largest absolute Gasteiger partial charge is 0.470 e. The lowest BCUT2D eigenvalue weighted by atomic mass is 10.1. The van der Waals surface area contributed by atoms with Crippen molar-refractivity contribution in [1.29, 1.82) is 0 Å². The van der Waals surface area contributed by atoms with E-state index in [-0.39, 0.29) is 88.9 Å². The molecule has 1 N–H and O–H groups in total. The first-order chi connectivity index (χ1) is 38.9. The molecule has 8 heterocycles. The molecule has 454 valence electrons. The third-order valence-corrected chi connectivity index (χ3v) is 20.5. The number of nitro groups is 2. The van der Waals surface area contributed by atoms with Crippen molar-refractivity contribution in [3.8, 4) is 5.88 Å². The van der Waals surface area contributed by atoms with Gasteiger partial charge in [0.25, 0.3) is 11.4 Å². The van der Waals surface area contributed by atoms with Crippen LogP contribution in [-0.2, 0) is 64.3 Å². The Morgan fingerprint density at radius 3 is 1.60 bits per heavy atom. The number of pyridine rings is 4. The number of rotatable bonds is 20. The number of aromatic nitrogens is 6. The Balaban J connectivity index is 0.000000209. The highest BCUT2D eigenvalue weighted by Gasteiger charge is 2.48. The van der Waals surface area contributed by atoms with Crippen LogP contribution in [0.25, 0.3) is 22.1 Å². The molecule has 6 aromatic rings. The maximum absolute atomic E-state index is 11.3. The second kappa shape index (κ2) is 32.6. The zero-order chi connectivity index (χ0) is 61.7. The van der Waals surface area contributed by atoms with Crippen molar-refractivity contribution in [1.82, 2.24) is 29.1 Å². The minimum absolute atomic E-state index is 0.0361. The highest BCUT2D eigenvalue weighted by molar-refractivity contribution is 14.1. The Hall–Kier alpha value is -2.62. The molecule has 2 saturated heterocycles. The first-order valence-corrected chi connectivity index (χ1v) is 38.2. The molecule has 0 unspecified atom stereocenters. The summed E-state index contributed by atoms with van der Waals surface area (Å²) >= 11 is 41.8. The van der Waals surface area contributed by atoms with Crippen LogP contribution in [0.5, 0.6) is 5.88 Å². The van der Waals surface area contributed by atoms with Gasteiger partial charge in [-0.25, -0.2) is 19.9 Å². The first kappa shape index (κ1) is 71.1. The van der Waals surface area contributed by atoms with Gasteiger partial charge in [0.1, 0.15) is 64.6 Å². The lowest BCUT2D eigenvalue weighted by molar-refractivity contribution is -0.386. The molecule has 0 bridgehead atoms. The van der Waals surface area contributed by atoms with Gasteiger partial charge >= 0.3 is 11.9 Å². The van der Waals surface area contributed by atoms with Crippen molar-refractivity contribution in [2.45, 2.75) is 116 Å². The number of halogens is 9. The molecule has 0 saturated carbocycles. The summed E-state index contributed by atoms with van der Waals surface area (Å²) in [5.74, 6) is -0.527. The molecular weight excluding hydrogens is 1590 g/mol. The average molecular weight is 1650 g/mol. The highest BCUT2D eigenvalue weighted by atomic mass is 127. The zero-order valence-electron chi connectivity index (χ0n) is 46.0. The molecule has 83 heavy (non-hydrogen) atoms. The second-order valence-corrected chi connectivity index (χ2v) is 37.3. The van der Waals surface area contributed by atoms with Crippen LogP contribution in [0.15, 0.2) is 36.4 Å². The van der Waals surface area contributed by atoms with Crippen LogP contribution >= 0.6 is 137 Å². The fraction of sp³-hybridized carbons (Fsp3) is 0.480. The van der Waals surface area contributed by atoms with Crippen molar-refractivity contribution >= 4 is 199 Å². The molecule has 2 aliphatic heterocycles. The van der Waals surface area contributed by atoms with Crippen LogP contribution in [0, 0.1) is 31.3 Å². The van der Waals surface area contributed by atoms with Gasteiger partial charge < -0.3 is 42.8 Å². The van der Waals surface area contributed by atoms with Gasteiger partial charge in [-0.3, -0.25) is 34.4 Å². The third kappa shape index (κ3) is 21.3. The monoisotopic (exact) mass is 1640 g/mol. The van der Waals surface area contributed by atoms with Crippen LogP contribution in [0.2, 0.25) is 81.8 Å². The lowest BCUT2D eigenvalue weighted by Gasteiger charge is -2.20. The van der Waals surface area contributed by atoms with E-state index >= 15 is 0 Å². The normalized spacial score (nSPS) is 16.5. The summed E-state index contributed by atoms with van der Waals surface area (Å²) in [7, 11) is -2.24. The molecular formula is C50H59Cl6I3N8O14Si2. The SMILES string of the molecule is CCOC(=O)Cc1nc(Cl)c(Cl)cc1[N+](=O)[O-].CCOC(=O)Cc1nc(I)c(Cl)cc1[N+](=O)[O-].C[Si](C)(C)CCOCn1c(Cl)cc2nc(I)c(Cl)cc21.C[Si](C)(C)CCOCn1c(O[C@@H]2CO[C@H]3[C@@H]2OC[C@H]3O)cc2nc(I)c(Cl)cc21. The van der Waals surface area contributed by atoms with Gasteiger partial charge in [0.15, 0.2) is 12.0 Å². The maximum atomic E-state index is 11.3. The topological polar surface area (TPSA) is 267 Å². The van der Waals surface area contributed by atoms with E-state index in [0.717, 1.165) is 54.2 Å². The van der Waals surface area contributed by atoms with E-state index in [1.807, 2.05) is 56.0 Å². The number of hydrogen-bond donors (Lipinski definition) is 1. The molecule has 6 aromatic heterocycles. The molecule has 0 aromatic carbocycles. The molecule has 0 aliphatic carbocycles. The number of aliphatic hydroxyl groups is 1. The van der Waals surface area contributed by atoms with E-state index < -0.39 is 44.0 Å². The Morgan fingerprint density at radius 2 is 1.10 bits per heavy atom. The average Bonchev–Trinajstić information content (AvgIpc) is 4.17. The lowest BCUT2D eigenvalue weighted by Crippen LogP contribution is -2.35. The van der Waals surface area contributed by atoms with Crippen molar-refractivity contribution in [2.75, 3.05) is 39.6 Å². The van der Waals surface area contributed by atoms with E-state index in [0.29, 0.717) is 51.5 Å². The molecule has 0 radical (unpaired) electrons. The number of esters is 2. The minimum Gasteiger partial charge on any atom is -0.470 e. The van der Waals surface area contributed by atoms with Gasteiger partial charge in [-0.1, -0.05) is 109 Å². The molecule has 8 rings (SSSR count). The summed E-state index contributed by atoms with van der Waals surface area (Å²) in [6.45, 7) is 20.6. The summed E-state index contributed by atoms with van der Waals surface area (Å²) < 4.78 is 44.6. The molecule has 0 spiro atoms. The number of ether oxygens (including phenoxy) is 7. The molecule has 4 atom stereocenters. The van der Waals surface area contributed by atoms with Crippen molar-refractivity contribution in [3.05, 3.63) is 110 Å². The maximum Gasteiger partial charge on any atom is 0.312 e. The van der Waals surface area contributed by atoms with E-state index in [2.05, 4.69) is 109 Å². The molecule has 2 aliphatic rings. The number of nitrogens with zero attached hydrogens (tertiary/aromatic N) is 8. The van der Waals surface area contributed by atoms with E-state index in [9.17, 15) is 34.9 Å². The first-order valence-electron chi connectivity index (χ1n) is 25.3. The van der Waals surface area contributed by atoms with Crippen LogP contribution in [-0.4, -0.2) is 136 Å². The molecule has 33 heteroatoms. The molecule has 0 amide bonds. The Morgan fingerprint density at radius 1 is 0.651 bits per heavy atom. The number of aliphatic hydroxyl groups excluding tert-OH is 1. The van der Waals surface area contributed by atoms with Gasteiger partial charge in [-0.15, -0.1) is 0 Å². The van der Waals surface area contributed by atoms with Crippen molar-refractivity contribution < 1.29 is 57.7 Å². The van der Waals surface area contributed by atoms with E-state index in [4.69, 9.17) is 98.0 Å². The number of fused-ring (bicyclic) bond motifs is 3. The number of hydrogen-bond acceptors (Lipinski definition) is 18. The Kier molecular flexibility index (Phi) is 27.9. The van der Waals surface area contributed by atoms with Crippen LogP contribution in [0.1, 0.15) is 25.2 Å². The highest BCUT2D eigenvalue weighted by Crippen LogP contribution is 2.35. The predicted octanol–water partition coefficient (Wildman–Crippen LogP) is 13.5. The number of carbonyl (C=O) groups excluding carboxylic acids is 2. The van der Waals surface area contributed by atoms with Crippen LogP contribution < -0.4 is 4.74 Å². The fourth-order valence-corrected chi connectivity index (χ4v) is 11.4. The minimum atomic E-state index is -1.17. The van der Waals surface area contributed by atoms with E-state index in [1.165, 1.54) is 6.07 Å². The van der Waals surface area contributed by atoms with Crippen molar-refractivity contribution in [3.63, 3.8) is 0 Å². The van der Waals surface area contributed by atoms with Gasteiger partial charge in [-0.2, -0.15) is 0 Å². The van der Waals surface area contributed by atoms with Crippen LogP contribution in [0.3, 0.4) is 0 Å². The van der Waals surface area contributed by atoms with E-state index in [1.54, 1.807) is 13.8 Å². The van der Waals surface area contributed by atoms with Gasteiger partial charge in [0, 0.05) is 53.6 Å². The third-order valence-electron chi connectivity index (χ3n) is 11.8. The summed E-state index contributed by atoms with van der Waals surface area (Å²) in [6.07, 6.45) is -2.07. The fourth-order valence-electron chi connectivity index (χ4n) is 7.59. The molecule has 2 fully saturated rings. The summed E-state index contributed by atoms with van der Waals surface area (Å²) in [6, 6.07) is 12.0. The summed E-state index contributed by atoms with van der Waals surface area (Å²) in [5.41, 5.74) is 2.78. The second-order valence-electron chi connectivity index (χ2n) is 20.6. The Labute approximate surface area is 551 Å². The quantitative estimate of drug-likeness (QED) is 0.0141. The molecule has 22 nitrogen and oxygen atoms in total. The standard InChI is InChI=1S/C19H26ClIN2O5Si.C13H17Cl2IN2OSi.C9H8Cl2N2O4.C9H8ClIN2O4/c1-29(2,3)5-4-25-10-23-13-6-11(20)19(21)22-12(13)7-16(23)28-15-9-27-17-14(24)8-26-18(15)17;1-20(2,3)5-4-19-8-18-11-6-9(14)13(16)17-10(11)7-12(18)15;2*1-2-17-8(14)4-6-7(13(15)16)3-5(10)9(11)12-6/h6-7,14-15,17-18,24H,4-5,8-10H2,1-3H3;6-7H,4-5,8H2,1-3H3;2*3H,2,4H2,1H3/t14-,15-,17-,18-;;;/m1.../s1. The van der Waals surface area contributed by atoms with Crippen molar-refractivity contribution in [2.24, 2.45) is 0 Å². The van der Waals surface area contributed by atoms with Gasteiger partial charge in [0.05, 0.1) is 91.3 Å².